The van der Waals surface area contributed by atoms with Crippen molar-refractivity contribution >= 4 is 17.3 Å². The number of ether oxygens (including phenoxy) is 1. The summed E-state index contributed by atoms with van der Waals surface area (Å²) >= 11 is 1.34. The Balaban J connectivity index is 2.23. The summed E-state index contributed by atoms with van der Waals surface area (Å²) in [5, 5.41) is 17.8. The fraction of sp³-hybridized carbons (Fsp3) is 0.182. The van der Waals surface area contributed by atoms with Gasteiger partial charge in [0.05, 0.1) is 5.56 Å². The van der Waals surface area contributed by atoms with Crippen molar-refractivity contribution in [1.82, 2.24) is 10.2 Å². The van der Waals surface area contributed by atoms with Gasteiger partial charge in [-0.25, -0.2) is 4.79 Å². The number of aryl methyl sites for hydroxylation is 2. The normalized spacial score (nSPS) is 10.2. The fourth-order valence-corrected chi connectivity index (χ4v) is 1.91. The van der Waals surface area contributed by atoms with Gasteiger partial charge in [-0.1, -0.05) is 16.4 Å². The molecule has 1 N–H and O–H groups in total. The molecule has 0 aliphatic rings. The summed E-state index contributed by atoms with van der Waals surface area (Å²) in [6, 6.07) is 4.79. The highest BCUT2D eigenvalue weighted by molar-refractivity contribution is 7.13. The molecule has 0 saturated heterocycles. The number of rotatable bonds is 3. The van der Waals surface area contributed by atoms with Gasteiger partial charge in [0.2, 0.25) is 0 Å². The van der Waals surface area contributed by atoms with Crippen LogP contribution >= 0.6 is 11.3 Å². The van der Waals surface area contributed by atoms with Crippen molar-refractivity contribution in [2.24, 2.45) is 0 Å². The summed E-state index contributed by atoms with van der Waals surface area (Å²) in [6.07, 6.45) is 0. The molecule has 0 saturated carbocycles. The van der Waals surface area contributed by atoms with Crippen LogP contribution in [0.3, 0.4) is 0 Å². The Morgan fingerprint density at radius 2 is 2.12 bits per heavy atom. The summed E-state index contributed by atoms with van der Waals surface area (Å²) in [6.45, 7) is 3.56. The van der Waals surface area contributed by atoms with Crippen molar-refractivity contribution in [3.05, 3.63) is 34.3 Å². The molecule has 0 unspecified atom stereocenters. The molecule has 88 valence electrons. The molecule has 0 fully saturated rings. The maximum Gasteiger partial charge on any atom is 0.335 e. The standard InChI is InChI=1S/C11H10N2O3S/c1-6-5-8(3-4-9(6)10(14)15)16-11-13-12-7(2)17-11/h3-5H,1-2H3,(H,14,15). The number of nitrogens with zero attached hydrogens (tertiary/aromatic N) is 2. The number of carboxylic acid groups (broad SMARTS) is 1. The average molecular weight is 250 g/mol. The number of benzene rings is 1. The molecule has 1 aromatic carbocycles. The van der Waals surface area contributed by atoms with Gasteiger partial charge in [0.15, 0.2) is 0 Å². The Kier molecular flexibility index (Phi) is 3.06. The van der Waals surface area contributed by atoms with E-state index in [1.165, 1.54) is 17.4 Å². The molecule has 1 heterocycles. The largest absolute Gasteiger partial charge is 0.478 e. The Labute approximate surface area is 102 Å². The predicted molar refractivity (Wildman–Crippen MR) is 62.9 cm³/mol. The third-order valence-electron chi connectivity index (χ3n) is 2.14. The molecular formula is C11H10N2O3S. The topological polar surface area (TPSA) is 72.3 Å². The number of carbonyl (C=O) groups is 1. The van der Waals surface area contributed by atoms with Crippen molar-refractivity contribution in [2.75, 3.05) is 0 Å². The lowest BCUT2D eigenvalue weighted by atomic mass is 10.1. The van der Waals surface area contributed by atoms with Gasteiger partial charge in [-0.05, 0) is 37.6 Å². The van der Waals surface area contributed by atoms with Crippen LogP contribution in [0.25, 0.3) is 0 Å². The van der Waals surface area contributed by atoms with Gasteiger partial charge in [-0.3, -0.25) is 0 Å². The number of aromatic nitrogens is 2. The Hall–Kier alpha value is -1.95. The maximum absolute atomic E-state index is 10.8. The summed E-state index contributed by atoms with van der Waals surface area (Å²) in [4.78, 5) is 10.8. The van der Waals surface area contributed by atoms with E-state index in [1.807, 2.05) is 6.92 Å². The lowest BCUT2D eigenvalue weighted by molar-refractivity contribution is 0.0696. The minimum atomic E-state index is -0.944. The van der Waals surface area contributed by atoms with E-state index in [-0.39, 0.29) is 5.56 Å². The van der Waals surface area contributed by atoms with Crippen molar-refractivity contribution in [3.63, 3.8) is 0 Å². The van der Waals surface area contributed by atoms with E-state index < -0.39 is 5.97 Å². The van der Waals surface area contributed by atoms with Crippen LogP contribution in [-0.4, -0.2) is 21.3 Å². The predicted octanol–water partition coefficient (Wildman–Crippen LogP) is 2.65. The second kappa shape index (κ2) is 4.50. The van der Waals surface area contributed by atoms with Crippen molar-refractivity contribution < 1.29 is 14.6 Å². The van der Waals surface area contributed by atoms with Crippen LogP contribution in [0.1, 0.15) is 20.9 Å². The molecular weight excluding hydrogens is 240 g/mol. The zero-order chi connectivity index (χ0) is 12.4. The minimum absolute atomic E-state index is 0.269. The third kappa shape index (κ3) is 2.59. The molecule has 0 amide bonds. The Morgan fingerprint density at radius 3 is 2.65 bits per heavy atom. The monoisotopic (exact) mass is 250 g/mol. The summed E-state index contributed by atoms with van der Waals surface area (Å²) in [7, 11) is 0. The molecule has 0 aliphatic heterocycles. The second-order valence-electron chi connectivity index (χ2n) is 3.47. The zero-order valence-electron chi connectivity index (χ0n) is 9.30. The fourth-order valence-electron chi connectivity index (χ4n) is 1.36. The Bertz CT molecular complexity index is 566. The third-order valence-corrected chi connectivity index (χ3v) is 2.86. The van der Waals surface area contributed by atoms with Crippen LogP contribution in [0.2, 0.25) is 0 Å². The minimum Gasteiger partial charge on any atom is -0.478 e. The van der Waals surface area contributed by atoms with Gasteiger partial charge in [0, 0.05) is 0 Å². The van der Waals surface area contributed by atoms with Crippen LogP contribution < -0.4 is 4.74 Å². The van der Waals surface area contributed by atoms with E-state index >= 15 is 0 Å². The van der Waals surface area contributed by atoms with E-state index in [2.05, 4.69) is 10.2 Å². The van der Waals surface area contributed by atoms with Crippen LogP contribution in [0.5, 0.6) is 10.9 Å². The quantitative estimate of drug-likeness (QED) is 0.906. The molecule has 17 heavy (non-hydrogen) atoms. The highest BCUT2D eigenvalue weighted by atomic mass is 32.1. The molecule has 0 bridgehead atoms. The van der Waals surface area contributed by atoms with Gasteiger partial charge in [0.1, 0.15) is 10.8 Å². The SMILES string of the molecule is Cc1nnc(Oc2ccc(C(=O)O)c(C)c2)s1. The van der Waals surface area contributed by atoms with Gasteiger partial charge in [-0.2, -0.15) is 0 Å². The molecule has 0 spiro atoms. The van der Waals surface area contributed by atoms with E-state index in [4.69, 9.17) is 9.84 Å². The van der Waals surface area contributed by atoms with Gasteiger partial charge in [0.25, 0.3) is 5.19 Å². The summed E-state index contributed by atoms with van der Waals surface area (Å²) in [5.74, 6) is -0.385. The molecule has 5 nitrogen and oxygen atoms in total. The average Bonchev–Trinajstić information content (AvgIpc) is 2.63. The van der Waals surface area contributed by atoms with E-state index in [9.17, 15) is 4.79 Å². The molecule has 0 atom stereocenters. The number of carboxylic acids is 1. The van der Waals surface area contributed by atoms with Gasteiger partial charge in [-0.15, -0.1) is 5.10 Å². The van der Waals surface area contributed by atoms with Crippen molar-refractivity contribution in [3.8, 4) is 10.9 Å². The van der Waals surface area contributed by atoms with Crippen LogP contribution in [0, 0.1) is 13.8 Å². The lowest BCUT2D eigenvalue weighted by Gasteiger charge is -2.04. The molecule has 0 aliphatic carbocycles. The molecule has 0 radical (unpaired) electrons. The second-order valence-corrected chi connectivity index (χ2v) is 4.62. The number of hydrogen-bond donors (Lipinski definition) is 1. The van der Waals surface area contributed by atoms with Crippen molar-refractivity contribution in [2.45, 2.75) is 13.8 Å². The highest BCUT2D eigenvalue weighted by Gasteiger charge is 2.09. The Morgan fingerprint density at radius 1 is 1.35 bits per heavy atom. The molecule has 2 rings (SSSR count). The molecule has 1 aromatic heterocycles. The van der Waals surface area contributed by atoms with Crippen LogP contribution in [0.15, 0.2) is 18.2 Å². The first-order valence-corrected chi connectivity index (χ1v) is 5.70. The summed E-state index contributed by atoms with van der Waals surface area (Å²) in [5.41, 5.74) is 0.919. The zero-order valence-corrected chi connectivity index (χ0v) is 10.1. The highest BCUT2D eigenvalue weighted by Crippen LogP contribution is 2.26. The van der Waals surface area contributed by atoms with E-state index in [0.717, 1.165) is 5.01 Å². The summed E-state index contributed by atoms with van der Waals surface area (Å²) < 4.78 is 5.47. The number of aromatic carboxylic acids is 1. The maximum atomic E-state index is 10.8. The van der Waals surface area contributed by atoms with E-state index in [0.29, 0.717) is 16.5 Å². The van der Waals surface area contributed by atoms with Gasteiger partial charge >= 0.3 is 5.97 Å². The van der Waals surface area contributed by atoms with Crippen LogP contribution in [-0.2, 0) is 0 Å². The first-order valence-electron chi connectivity index (χ1n) is 4.88. The van der Waals surface area contributed by atoms with Crippen LogP contribution in [0.4, 0.5) is 0 Å². The molecule has 6 heteroatoms. The first kappa shape index (κ1) is 11.5. The number of hydrogen-bond acceptors (Lipinski definition) is 5. The van der Waals surface area contributed by atoms with Gasteiger partial charge < -0.3 is 9.84 Å². The smallest absolute Gasteiger partial charge is 0.335 e. The first-order chi connectivity index (χ1) is 8.06. The lowest BCUT2D eigenvalue weighted by Crippen LogP contribution is -1.99. The van der Waals surface area contributed by atoms with Crippen molar-refractivity contribution in [1.29, 1.82) is 0 Å². The molecule has 2 aromatic rings. The van der Waals surface area contributed by atoms with E-state index in [1.54, 1.807) is 19.1 Å².